The number of aliphatic carboxylic acids is 1. The summed E-state index contributed by atoms with van der Waals surface area (Å²) in [5.41, 5.74) is 1.89. The SMILES string of the molecule is Cc1cccc(N(C)C(=O)NC(C)CCC(=O)O)c1. The van der Waals surface area contributed by atoms with Gasteiger partial charge in [0.15, 0.2) is 0 Å². The van der Waals surface area contributed by atoms with Crippen molar-refractivity contribution in [2.24, 2.45) is 0 Å². The van der Waals surface area contributed by atoms with E-state index in [2.05, 4.69) is 5.32 Å². The Kier molecular flexibility index (Phi) is 5.36. The summed E-state index contributed by atoms with van der Waals surface area (Å²) in [7, 11) is 1.69. The minimum atomic E-state index is -0.854. The average molecular weight is 264 g/mol. The van der Waals surface area contributed by atoms with E-state index in [0.29, 0.717) is 6.42 Å². The van der Waals surface area contributed by atoms with Crippen LogP contribution in [0.5, 0.6) is 0 Å². The summed E-state index contributed by atoms with van der Waals surface area (Å²) in [4.78, 5) is 24.0. The molecule has 1 aromatic carbocycles. The van der Waals surface area contributed by atoms with Crippen LogP contribution in [0.15, 0.2) is 24.3 Å². The zero-order chi connectivity index (χ0) is 14.4. The van der Waals surface area contributed by atoms with Crippen molar-refractivity contribution in [1.82, 2.24) is 5.32 Å². The van der Waals surface area contributed by atoms with Crippen LogP contribution in [-0.4, -0.2) is 30.2 Å². The Morgan fingerprint density at radius 2 is 2.11 bits per heavy atom. The highest BCUT2D eigenvalue weighted by atomic mass is 16.4. The number of anilines is 1. The number of carboxylic acid groups (broad SMARTS) is 1. The highest BCUT2D eigenvalue weighted by molar-refractivity contribution is 5.91. The number of carboxylic acids is 1. The van der Waals surface area contributed by atoms with Crippen molar-refractivity contribution in [2.75, 3.05) is 11.9 Å². The van der Waals surface area contributed by atoms with Gasteiger partial charge in [0.2, 0.25) is 0 Å². The number of carbonyl (C=O) groups excluding carboxylic acids is 1. The fourth-order valence-corrected chi connectivity index (χ4v) is 1.67. The molecule has 1 rings (SSSR count). The molecule has 0 radical (unpaired) electrons. The third-order valence-corrected chi connectivity index (χ3v) is 2.85. The van der Waals surface area contributed by atoms with Gasteiger partial charge in [-0.3, -0.25) is 9.69 Å². The summed E-state index contributed by atoms with van der Waals surface area (Å²) in [6.45, 7) is 3.76. The van der Waals surface area contributed by atoms with E-state index in [1.165, 1.54) is 4.90 Å². The quantitative estimate of drug-likeness (QED) is 0.858. The molecule has 5 heteroatoms. The fraction of sp³-hybridized carbons (Fsp3) is 0.429. The molecule has 0 bridgehead atoms. The monoisotopic (exact) mass is 264 g/mol. The van der Waals surface area contributed by atoms with Gasteiger partial charge in [-0.25, -0.2) is 4.79 Å². The molecule has 19 heavy (non-hydrogen) atoms. The third kappa shape index (κ3) is 4.99. The lowest BCUT2D eigenvalue weighted by Gasteiger charge is -2.21. The first kappa shape index (κ1) is 15.0. The average Bonchev–Trinajstić information content (AvgIpc) is 2.35. The van der Waals surface area contributed by atoms with Crippen molar-refractivity contribution in [3.8, 4) is 0 Å². The van der Waals surface area contributed by atoms with Gasteiger partial charge in [0.25, 0.3) is 0 Å². The minimum Gasteiger partial charge on any atom is -0.481 e. The number of aryl methyl sites for hydroxylation is 1. The molecule has 2 amide bonds. The van der Waals surface area contributed by atoms with E-state index in [1.807, 2.05) is 31.2 Å². The number of benzene rings is 1. The number of urea groups is 1. The molecule has 0 aromatic heterocycles. The molecule has 0 saturated heterocycles. The Balaban J connectivity index is 2.55. The van der Waals surface area contributed by atoms with E-state index in [1.54, 1.807) is 14.0 Å². The highest BCUT2D eigenvalue weighted by Crippen LogP contribution is 2.14. The predicted octanol–water partition coefficient (Wildman–Crippen LogP) is 2.39. The van der Waals surface area contributed by atoms with Gasteiger partial charge in [0.05, 0.1) is 0 Å². The molecular formula is C14H20N2O3. The van der Waals surface area contributed by atoms with E-state index in [4.69, 9.17) is 5.11 Å². The molecule has 104 valence electrons. The Labute approximate surface area is 113 Å². The number of nitrogens with one attached hydrogen (secondary N) is 1. The van der Waals surface area contributed by atoms with Crippen LogP contribution < -0.4 is 10.2 Å². The summed E-state index contributed by atoms with van der Waals surface area (Å²) < 4.78 is 0. The van der Waals surface area contributed by atoms with Gasteiger partial charge in [-0.2, -0.15) is 0 Å². The molecule has 0 aliphatic heterocycles. The van der Waals surface area contributed by atoms with E-state index in [0.717, 1.165) is 11.3 Å². The van der Waals surface area contributed by atoms with Crippen LogP contribution in [0.3, 0.4) is 0 Å². The standard InChI is InChI=1S/C14H20N2O3/c1-10-5-4-6-12(9-10)16(3)14(19)15-11(2)7-8-13(17)18/h4-6,9,11H,7-8H2,1-3H3,(H,15,19)(H,17,18). The summed E-state index contributed by atoms with van der Waals surface area (Å²) >= 11 is 0. The summed E-state index contributed by atoms with van der Waals surface area (Å²) in [5.74, 6) is -0.854. The maximum Gasteiger partial charge on any atom is 0.321 e. The van der Waals surface area contributed by atoms with Crippen molar-refractivity contribution in [2.45, 2.75) is 32.7 Å². The first-order valence-electron chi connectivity index (χ1n) is 6.23. The van der Waals surface area contributed by atoms with Crippen LogP contribution in [-0.2, 0) is 4.79 Å². The van der Waals surface area contributed by atoms with Gasteiger partial charge in [-0.15, -0.1) is 0 Å². The van der Waals surface area contributed by atoms with Crippen molar-refractivity contribution < 1.29 is 14.7 Å². The summed E-state index contributed by atoms with van der Waals surface area (Å²) in [5, 5.41) is 11.4. The van der Waals surface area contributed by atoms with E-state index in [9.17, 15) is 9.59 Å². The number of hydrogen-bond donors (Lipinski definition) is 2. The van der Waals surface area contributed by atoms with Crippen molar-refractivity contribution >= 4 is 17.7 Å². The molecule has 1 aromatic rings. The number of nitrogens with zero attached hydrogens (tertiary/aromatic N) is 1. The van der Waals surface area contributed by atoms with Crippen molar-refractivity contribution in [3.63, 3.8) is 0 Å². The van der Waals surface area contributed by atoms with E-state index < -0.39 is 5.97 Å². The first-order chi connectivity index (χ1) is 8.90. The van der Waals surface area contributed by atoms with Gasteiger partial charge in [0, 0.05) is 25.2 Å². The molecule has 0 aliphatic carbocycles. The predicted molar refractivity (Wildman–Crippen MR) is 74.4 cm³/mol. The molecular weight excluding hydrogens is 244 g/mol. The molecule has 1 atom stereocenters. The molecule has 0 fully saturated rings. The van der Waals surface area contributed by atoms with Crippen LogP contribution in [0.25, 0.3) is 0 Å². The largest absolute Gasteiger partial charge is 0.481 e. The van der Waals surface area contributed by atoms with E-state index >= 15 is 0 Å². The summed E-state index contributed by atoms with van der Waals surface area (Å²) in [6, 6.07) is 7.22. The maximum atomic E-state index is 12.0. The van der Waals surface area contributed by atoms with Crippen LogP contribution in [0.4, 0.5) is 10.5 Å². The van der Waals surface area contributed by atoms with Crippen molar-refractivity contribution in [3.05, 3.63) is 29.8 Å². The maximum absolute atomic E-state index is 12.0. The molecule has 2 N–H and O–H groups in total. The van der Waals surface area contributed by atoms with Crippen LogP contribution in [0.1, 0.15) is 25.3 Å². The Hall–Kier alpha value is -2.04. The number of carbonyl (C=O) groups is 2. The second kappa shape index (κ2) is 6.78. The highest BCUT2D eigenvalue weighted by Gasteiger charge is 2.14. The zero-order valence-corrected chi connectivity index (χ0v) is 11.5. The van der Waals surface area contributed by atoms with Crippen molar-refractivity contribution in [1.29, 1.82) is 0 Å². The molecule has 5 nitrogen and oxygen atoms in total. The van der Waals surface area contributed by atoms with Gasteiger partial charge in [-0.1, -0.05) is 12.1 Å². The number of rotatable bonds is 5. The Bertz CT molecular complexity index is 460. The molecule has 0 heterocycles. The topological polar surface area (TPSA) is 69.6 Å². The summed E-state index contributed by atoms with van der Waals surface area (Å²) in [6.07, 6.45) is 0.471. The van der Waals surface area contributed by atoms with Crippen LogP contribution >= 0.6 is 0 Å². The molecule has 0 aliphatic rings. The Morgan fingerprint density at radius 3 is 2.68 bits per heavy atom. The number of amides is 2. The minimum absolute atomic E-state index is 0.0512. The van der Waals surface area contributed by atoms with Crippen LogP contribution in [0, 0.1) is 6.92 Å². The van der Waals surface area contributed by atoms with Gasteiger partial charge in [-0.05, 0) is 38.0 Å². The fourth-order valence-electron chi connectivity index (χ4n) is 1.67. The smallest absolute Gasteiger partial charge is 0.321 e. The lowest BCUT2D eigenvalue weighted by molar-refractivity contribution is -0.137. The molecule has 1 unspecified atom stereocenters. The molecule has 0 spiro atoms. The van der Waals surface area contributed by atoms with E-state index in [-0.39, 0.29) is 18.5 Å². The van der Waals surface area contributed by atoms with Crippen LogP contribution in [0.2, 0.25) is 0 Å². The lowest BCUT2D eigenvalue weighted by atomic mass is 10.2. The normalized spacial score (nSPS) is 11.7. The molecule has 0 saturated carbocycles. The van der Waals surface area contributed by atoms with Gasteiger partial charge in [0.1, 0.15) is 0 Å². The second-order valence-electron chi connectivity index (χ2n) is 4.68. The lowest BCUT2D eigenvalue weighted by Crippen LogP contribution is -2.42. The first-order valence-corrected chi connectivity index (χ1v) is 6.23. The third-order valence-electron chi connectivity index (χ3n) is 2.85. The van der Waals surface area contributed by atoms with Gasteiger partial charge >= 0.3 is 12.0 Å². The second-order valence-corrected chi connectivity index (χ2v) is 4.68. The number of hydrogen-bond acceptors (Lipinski definition) is 2. The van der Waals surface area contributed by atoms with Gasteiger partial charge < -0.3 is 10.4 Å². The zero-order valence-electron chi connectivity index (χ0n) is 11.5. The Morgan fingerprint density at radius 1 is 1.42 bits per heavy atom.